The van der Waals surface area contributed by atoms with Crippen molar-refractivity contribution in [2.45, 2.75) is 38.6 Å². The van der Waals surface area contributed by atoms with Crippen LogP contribution >= 0.6 is 11.6 Å². The van der Waals surface area contributed by atoms with E-state index in [1.807, 2.05) is 43.3 Å². The number of allylic oxidation sites excluding steroid dienone is 1. The van der Waals surface area contributed by atoms with Crippen molar-refractivity contribution in [2.24, 2.45) is 5.92 Å². The van der Waals surface area contributed by atoms with Crippen molar-refractivity contribution in [1.82, 2.24) is 15.0 Å². The molecule has 1 aliphatic rings. The minimum atomic E-state index is -0.220. The number of halogens is 1. The van der Waals surface area contributed by atoms with Gasteiger partial charge in [0, 0.05) is 22.7 Å². The molecule has 2 aromatic carbocycles. The molecular weight excluding hydrogens is 422 g/mol. The first kappa shape index (κ1) is 22.4. The number of rotatable bonds is 6. The van der Waals surface area contributed by atoms with Crippen molar-refractivity contribution in [1.29, 1.82) is 0 Å². The second kappa shape index (κ2) is 9.80. The molecule has 0 amide bonds. The van der Waals surface area contributed by atoms with Crippen molar-refractivity contribution in [3.63, 3.8) is 0 Å². The molecule has 1 saturated carbocycles. The fourth-order valence-electron chi connectivity index (χ4n) is 4.60. The molecule has 0 bridgehead atoms. The van der Waals surface area contributed by atoms with Gasteiger partial charge in [0.1, 0.15) is 0 Å². The van der Waals surface area contributed by atoms with E-state index in [9.17, 15) is 4.79 Å². The first-order valence-electron chi connectivity index (χ1n) is 11.0. The third kappa shape index (κ3) is 5.17. The Morgan fingerprint density at radius 3 is 2.53 bits per heavy atom. The van der Waals surface area contributed by atoms with Crippen molar-refractivity contribution >= 4 is 23.5 Å². The zero-order chi connectivity index (χ0) is 22.7. The summed E-state index contributed by atoms with van der Waals surface area (Å²) in [6, 6.07) is 16.0. The average molecular weight is 450 g/mol. The quantitative estimate of drug-likeness (QED) is 0.423. The Balaban J connectivity index is 1.42. The SMILES string of the molecule is Cc1cccc(C(=O)c2noc(C=C3CCC(C(c4ccc(Cl)cc4)N(C)C)CC3)n2)c1. The van der Waals surface area contributed by atoms with Gasteiger partial charge in [-0.2, -0.15) is 4.98 Å². The van der Waals surface area contributed by atoms with E-state index < -0.39 is 0 Å². The molecule has 0 radical (unpaired) electrons. The minimum absolute atomic E-state index is 0.103. The van der Waals surface area contributed by atoms with Crippen LogP contribution in [0.25, 0.3) is 6.08 Å². The maximum Gasteiger partial charge on any atom is 0.250 e. The van der Waals surface area contributed by atoms with Gasteiger partial charge in [0.25, 0.3) is 5.89 Å². The molecule has 1 unspecified atom stereocenters. The Labute approximate surface area is 194 Å². The molecule has 1 atom stereocenters. The van der Waals surface area contributed by atoms with Crippen molar-refractivity contribution in [2.75, 3.05) is 14.1 Å². The van der Waals surface area contributed by atoms with Crippen LogP contribution in [0.1, 0.15) is 64.9 Å². The number of aryl methyl sites for hydroxylation is 1. The Hall–Kier alpha value is -2.76. The zero-order valence-electron chi connectivity index (χ0n) is 18.7. The van der Waals surface area contributed by atoms with E-state index >= 15 is 0 Å². The molecule has 0 saturated heterocycles. The molecule has 1 aromatic heterocycles. The van der Waals surface area contributed by atoms with Gasteiger partial charge in [-0.05, 0) is 76.4 Å². The molecule has 32 heavy (non-hydrogen) atoms. The van der Waals surface area contributed by atoms with E-state index in [4.69, 9.17) is 16.1 Å². The van der Waals surface area contributed by atoms with Crippen LogP contribution in [-0.4, -0.2) is 34.9 Å². The van der Waals surface area contributed by atoms with Crippen LogP contribution in [0.4, 0.5) is 0 Å². The molecule has 5 nitrogen and oxygen atoms in total. The van der Waals surface area contributed by atoms with E-state index in [2.05, 4.69) is 41.3 Å². The number of carbonyl (C=O) groups excluding carboxylic acids is 1. The number of carbonyl (C=O) groups is 1. The molecule has 3 aromatic rings. The second-order valence-corrected chi connectivity index (χ2v) is 9.19. The van der Waals surface area contributed by atoms with E-state index in [-0.39, 0.29) is 11.6 Å². The highest BCUT2D eigenvalue weighted by molar-refractivity contribution is 6.30. The average Bonchev–Trinajstić information content (AvgIpc) is 3.24. The number of aromatic nitrogens is 2. The Morgan fingerprint density at radius 1 is 1.16 bits per heavy atom. The van der Waals surface area contributed by atoms with E-state index in [1.54, 1.807) is 6.07 Å². The summed E-state index contributed by atoms with van der Waals surface area (Å²) in [4.78, 5) is 19.2. The van der Waals surface area contributed by atoms with Gasteiger partial charge in [0.2, 0.25) is 11.6 Å². The van der Waals surface area contributed by atoms with Gasteiger partial charge in [-0.25, -0.2) is 0 Å². The molecule has 166 valence electrons. The highest BCUT2D eigenvalue weighted by Crippen LogP contribution is 2.39. The molecule has 0 spiro atoms. The summed E-state index contributed by atoms with van der Waals surface area (Å²) in [5.74, 6) is 0.843. The topological polar surface area (TPSA) is 59.2 Å². The fraction of sp³-hybridized carbons (Fsp3) is 0.346. The minimum Gasteiger partial charge on any atom is -0.334 e. The summed E-state index contributed by atoms with van der Waals surface area (Å²) in [7, 11) is 4.27. The number of benzene rings is 2. The lowest BCUT2D eigenvalue weighted by Gasteiger charge is -2.36. The summed E-state index contributed by atoms with van der Waals surface area (Å²) in [6.07, 6.45) is 6.07. The smallest absolute Gasteiger partial charge is 0.250 e. The van der Waals surface area contributed by atoms with Crippen LogP contribution < -0.4 is 0 Å². The molecule has 6 heteroatoms. The van der Waals surface area contributed by atoms with E-state index in [0.717, 1.165) is 36.3 Å². The van der Waals surface area contributed by atoms with Gasteiger partial charge in [-0.15, -0.1) is 0 Å². The predicted molar refractivity (Wildman–Crippen MR) is 127 cm³/mol. The normalized spacial score (nSPS) is 17.4. The van der Waals surface area contributed by atoms with E-state index in [1.165, 1.54) is 11.1 Å². The first-order valence-corrected chi connectivity index (χ1v) is 11.3. The third-order valence-corrected chi connectivity index (χ3v) is 6.39. The lowest BCUT2D eigenvalue weighted by Crippen LogP contribution is -2.29. The molecule has 1 heterocycles. The Kier molecular flexibility index (Phi) is 6.87. The second-order valence-electron chi connectivity index (χ2n) is 8.75. The van der Waals surface area contributed by atoms with Gasteiger partial charge in [-0.3, -0.25) is 4.79 Å². The van der Waals surface area contributed by atoms with Crippen LogP contribution in [0.2, 0.25) is 5.02 Å². The first-order chi connectivity index (χ1) is 15.4. The number of ketones is 1. The predicted octanol–water partition coefficient (Wildman–Crippen LogP) is 6.14. The van der Waals surface area contributed by atoms with Crippen LogP contribution in [0.3, 0.4) is 0 Å². The van der Waals surface area contributed by atoms with Gasteiger partial charge in [-0.1, -0.05) is 58.2 Å². The summed E-state index contributed by atoms with van der Waals surface area (Å²) < 4.78 is 5.35. The van der Waals surface area contributed by atoms with Crippen molar-refractivity contribution in [3.8, 4) is 0 Å². The van der Waals surface area contributed by atoms with Gasteiger partial charge < -0.3 is 9.42 Å². The maximum absolute atomic E-state index is 12.6. The molecule has 0 N–H and O–H groups in total. The van der Waals surface area contributed by atoms with Crippen LogP contribution in [-0.2, 0) is 0 Å². The van der Waals surface area contributed by atoms with Gasteiger partial charge in [0.05, 0.1) is 0 Å². The van der Waals surface area contributed by atoms with Crippen LogP contribution in [0.5, 0.6) is 0 Å². The lowest BCUT2D eigenvalue weighted by molar-refractivity contribution is 0.102. The molecule has 0 aliphatic heterocycles. The zero-order valence-corrected chi connectivity index (χ0v) is 19.5. The number of nitrogens with zero attached hydrogens (tertiary/aromatic N) is 3. The van der Waals surface area contributed by atoms with Crippen molar-refractivity contribution in [3.05, 3.63) is 87.5 Å². The summed E-state index contributed by atoms with van der Waals surface area (Å²) in [5, 5.41) is 4.67. The summed E-state index contributed by atoms with van der Waals surface area (Å²) in [5.41, 5.74) is 4.18. The van der Waals surface area contributed by atoms with E-state index in [0.29, 0.717) is 23.4 Å². The van der Waals surface area contributed by atoms with Crippen molar-refractivity contribution < 1.29 is 9.32 Å². The monoisotopic (exact) mass is 449 g/mol. The highest BCUT2D eigenvalue weighted by Gasteiger charge is 2.28. The highest BCUT2D eigenvalue weighted by atomic mass is 35.5. The number of hydrogen-bond donors (Lipinski definition) is 0. The molecule has 1 aliphatic carbocycles. The Bertz CT molecular complexity index is 1110. The third-order valence-electron chi connectivity index (χ3n) is 6.14. The van der Waals surface area contributed by atoms with Gasteiger partial charge in [0.15, 0.2) is 0 Å². The fourth-order valence-corrected chi connectivity index (χ4v) is 4.72. The van der Waals surface area contributed by atoms with Gasteiger partial charge >= 0.3 is 0 Å². The molecule has 1 fully saturated rings. The number of hydrogen-bond acceptors (Lipinski definition) is 5. The standard InChI is InChI=1S/C26H28ClN3O2/c1-17-5-4-6-21(15-17)25(31)26-28-23(32-29-26)16-18-7-9-19(10-8-18)24(30(2)3)20-11-13-22(27)14-12-20/h4-6,11-16,19,24H,7-10H2,1-3H3. The maximum atomic E-state index is 12.6. The largest absolute Gasteiger partial charge is 0.334 e. The Morgan fingerprint density at radius 2 is 1.88 bits per heavy atom. The summed E-state index contributed by atoms with van der Waals surface area (Å²) in [6.45, 7) is 1.95. The van der Waals surface area contributed by atoms with Crippen LogP contribution in [0, 0.1) is 12.8 Å². The lowest BCUT2D eigenvalue weighted by atomic mass is 9.78. The molecular formula is C26H28ClN3O2. The van der Waals surface area contributed by atoms with Crippen LogP contribution in [0.15, 0.2) is 58.6 Å². The molecule has 4 rings (SSSR count). The summed E-state index contributed by atoms with van der Waals surface area (Å²) >= 11 is 6.08.